The fourth-order valence-corrected chi connectivity index (χ4v) is 2.89. The largest absolute Gasteiger partial charge is 0.501 e. The minimum absolute atomic E-state index is 0.0765. The van der Waals surface area contributed by atoms with E-state index in [0.29, 0.717) is 0 Å². The number of hydrogen-bond acceptors (Lipinski definition) is 3. The minimum atomic E-state index is -5.27. The van der Waals surface area contributed by atoms with E-state index in [1.807, 2.05) is 20.9 Å². The van der Waals surface area contributed by atoms with E-state index in [2.05, 4.69) is 5.32 Å². The summed E-state index contributed by atoms with van der Waals surface area (Å²) in [5, 5.41) is 3.12. The van der Waals surface area contributed by atoms with Crippen LogP contribution in [0.25, 0.3) is 0 Å². The topological polar surface area (TPSA) is 46.2 Å². The minimum Gasteiger partial charge on any atom is -0.316 e. The van der Waals surface area contributed by atoms with Gasteiger partial charge in [-0.2, -0.15) is 13.2 Å². The van der Waals surface area contributed by atoms with E-state index in [9.17, 15) is 21.6 Å². The summed E-state index contributed by atoms with van der Waals surface area (Å²) in [6.45, 7) is 3.94. The SMILES string of the molecule is CCC(NC)C(C)c1ccc(S(=O)(=O)C(F)(F)F)cc1. The molecule has 1 aromatic carbocycles. The van der Waals surface area contributed by atoms with Crippen molar-refractivity contribution in [3.8, 4) is 0 Å². The van der Waals surface area contributed by atoms with Gasteiger partial charge in [0.2, 0.25) is 0 Å². The second-order valence-corrected chi connectivity index (χ2v) is 6.55. The van der Waals surface area contributed by atoms with Crippen molar-refractivity contribution in [1.29, 1.82) is 0 Å². The van der Waals surface area contributed by atoms with Gasteiger partial charge in [-0.25, -0.2) is 8.42 Å². The van der Waals surface area contributed by atoms with E-state index in [4.69, 9.17) is 0 Å². The number of sulfone groups is 1. The van der Waals surface area contributed by atoms with Crippen LogP contribution in [0.2, 0.25) is 0 Å². The second-order valence-electron chi connectivity index (χ2n) is 4.61. The molecule has 0 saturated carbocycles. The van der Waals surface area contributed by atoms with Gasteiger partial charge in [-0.05, 0) is 37.1 Å². The molecule has 0 fully saturated rings. The van der Waals surface area contributed by atoms with Crippen LogP contribution in [0, 0.1) is 0 Å². The molecule has 0 spiro atoms. The van der Waals surface area contributed by atoms with Crippen LogP contribution >= 0.6 is 0 Å². The first kappa shape index (κ1) is 17.0. The van der Waals surface area contributed by atoms with Crippen LogP contribution in [0.4, 0.5) is 13.2 Å². The Morgan fingerprint density at radius 3 is 2.05 bits per heavy atom. The molecule has 0 aliphatic carbocycles. The Morgan fingerprint density at radius 1 is 1.20 bits per heavy atom. The van der Waals surface area contributed by atoms with Crippen molar-refractivity contribution in [3.63, 3.8) is 0 Å². The summed E-state index contributed by atoms with van der Waals surface area (Å²) >= 11 is 0. The van der Waals surface area contributed by atoms with Gasteiger partial charge < -0.3 is 5.32 Å². The molecule has 0 saturated heterocycles. The predicted molar refractivity (Wildman–Crippen MR) is 71.2 cm³/mol. The summed E-state index contributed by atoms with van der Waals surface area (Å²) in [5.74, 6) is 0.0765. The molecule has 3 nitrogen and oxygen atoms in total. The highest BCUT2D eigenvalue weighted by atomic mass is 32.2. The number of likely N-dealkylation sites (N-methyl/N-ethyl adjacent to an activating group) is 1. The van der Waals surface area contributed by atoms with Crippen LogP contribution in [0.3, 0.4) is 0 Å². The summed E-state index contributed by atoms with van der Waals surface area (Å²) < 4.78 is 59.7. The molecule has 0 heterocycles. The molecular weight excluding hydrogens is 291 g/mol. The van der Waals surface area contributed by atoms with Crippen molar-refractivity contribution in [2.45, 2.75) is 42.6 Å². The molecule has 2 unspecified atom stereocenters. The third-order valence-electron chi connectivity index (χ3n) is 3.44. The highest BCUT2D eigenvalue weighted by Crippen LogP contribution is 2.31. The van der Waals surface area contributed by atoms with E-state index in [1.54, 1.807) is 0 Å². The van der Waals surface area contributed by atoms with E-state index >= 15 is 0 Å². The normalized spacial score (nSPS) is 15.9. The zero-order valence-corrected chi connectivity index (χ0v) is 12.3. The summed E-state index contributed by atoms with van der Waals surface area (Å²) in [4.78, 5) is -0.724. The Balaban J connectivity index is 3.07. The van der Waals surface area contributed by atoms with Gasteiger partial charge in [0.1, 0.15) is 0 Å². The number of benzene rings is 1. The molecule has 0 aliphatic rings. The molecular formula is C13H18F3NO2S. The summed E-state index contributed by atoms with van der Waals surface area (Å²) in [5.41, 5.74) is -4.47. The molecule has 0 radical (unpaired) electrons. The van der Waals surface area contributed by atoms with Crippen LogP contribution in [0.15, 0.2) is 29.2 Å². The fourth-order valence-electron chi connectivity index (χ4n) is 2.12. The molecule has 0 aliphatic heterocycles. The number of nitrogens with one attached hydrogen (secondary N) is 1. The Labute approximate surface area is 117 Å². The van der Waals surface area contributed by atoms with Crippen molar-refractivity contribution in [2.75, 3.05) is 7.05 Å². The first-order chi connectivity index (χ1) is 9.15. The summed E-state index contributed by atoms with van der Waals surface area (Å²) in [7, 11) is -3.45. The molecule has 0 amide bonds. The first-order valence-corrected chi connectivity index (χ1v) is 7.72. The molecule has 20 heavy (non-hydrogen) atoms. The van der Waals surface area contributed by atoms with Crippen LogP contribution in [0.1, 0.15) is 31.7 Å². The molecule has 2 atom stereocenters. The van der Waals surface area contributed by atoms with Crippen molar-refractivity contribution in [3.05, 3.63) is 29.8 Å². The molecule has 0 aromatic heterocycles. The molecule has 1 aromatic rings. The lowest BCUT2D eigenvalue weighted by Gasteiger charge is -2.22. The van der Waals surface area contributed by atoms with Gasteiger partial charge >= 0.3 is 5.51 Å². The Morgan fingerprint density at radius 2 is 1.70 bits per heavy atom. The van der Waals surface area contributed by atoms with Crippen LogP contribution in [-0.2, 0) is 9.84 Å². The molecule has 1 N–H and O–H groups in total. The zero-order valence-electron chi connectivity index (χ0n) is 11.5. The number of halogens is 3. The van der Waals surface area contributed by atoms with E-state index < -0.39 is 20.2 Å². The van der Waals surface area contributed by atoms with Gasteiger partial charge in [0.05, 0.1) is 4.90 Å². The molecule has 1 rings (SSSR count). The van der Waals surface area contributed by atoms with Gasteiger partial charge in [0, 0.05) is 6.04 Å². The lowest BCUT2D eigenvalue weighted by Crippen LogP contribution is -2.30. The predicted octanol–water partition coefficient (Wildman–Crippen LogP) is 3.08. The third-order valence-corrected chi connectivity index (χ3v) is 4.94. The van der Waals surface area contributed by atoms with Crippen molar-refractivity contribution in [2.24, 2.45) is 0 Å². The number of rotatable bonds is 5. The van der Waals surface area contributed by atoms with E-state index in [1.165, 1.54) is 12.1 Å². The third kappa shape index (κ3) is 3.32. The Kier molecular flexibility index (Phi) is 5.21. The average Bonchev–Trinajstić information content (AvgIpc) is 2.39. The highest BCUT2D eigenvalue weighted by Gasteiger charge is 2.46. The zero-order chi connectivity index (χ0) is 15.6. The van der Waals surface area contributed by atoms with Crippen LogP contribution in [-0.4, -0.2) is 27.0 Å². The Bertz CT molecular complexity index is 534. The van der Waals surface area contributed by atoms with Crippen LogP contribution < -0.4 is 5.32 Å². The van der Waals surface area contributed by atoms with Gasteiger partial charge in [-0.1, -0.05) is 26.0 Å². The van der Waals surface area contributed by atoms with Gasteiger partial charge in [-0.15, -0.1) is 0 Å². The maximum Gasteiger partial charge on any atom is 0.501 e. The van der Waals surface area contributed by atoms with Crippen molar-refractivity contribution < 1.29 is 21.6 Å². The quantitative estimate of drug-likeness (QED) is 0.909. The van der Waals surface area contributed by atoms with Crippen molar-refractivity contribution >= 4 is 9.84 Å². The maximum atomic E-state index is 12.4. The van der Waals surface area contributed by atoms with Crippen molar-refractivity contribution in [1.82, 2.24) is 5.32 Å². The van der Waals surface area contributed by atoms with Gasteiger partial charge in [0.25, 0.3) is 9.84 Å². The first-order valence-electron chi connectivity index (χ1n) is 6.23. The molecule has 7 heteroatoms. The second kappa shape index (κ2) is 6.13. The number of hydrogen-bond donors (Lipinski definition) is 1. The Hall–Kier alpha value is -1.08. The molecule has 114 valence electrons. The lowest BCUT2D eigenvalue weighted by molar-refractivity contribution is -0.0436. The summed E-state index contributed by atoms with van der Waals surface area (Å²) in [6.07, 6.45) is 0.861. The lowest BCUT2D eigenvalue weighted by atomic mass is 9.92. The van der Waals surface area contributed by atoms with E-state index in [-0.39, 0.29) is 12.0 Å². The summed E-state index contributed by atoms with van der Waals surface area (Å²) in [6, 6.07) is 5.07. The monoisotopic (exact) mass is 309 g/mol. The van der Waals surface area contributed by atoms with E-state index in [0.717, 1.165) is 24.1 Å². The smallest absolute Gasteiger partial charge is 0.316 e. The maximum absolute atomic E-state index is 12.4. The van der Waals surface area contributed by atoms with Crippen LogP contribution in [0.5, 0.6) is 0 Å². The standard InChI is InChI=1S/C13H18F3NO2S/c1-4-12(17-3)9(2)10-5-7-11(8-6-10)20(18,19)13(14,15)16/h5-9,12,17H,4H2,1-3H3. The number of alkyl halides is 3. The average molecular weight is 309 g/mol. The van der Waals surface area contributed by atoms with Gasteiger partial charge in [0.15, 0.2) is 0 Å². The fraction of sp³-hybridized carbons (Fsp3) is 0.538. The molecule has 0 bridgehead atoms. The van der Waals surface area contributed by atoms with Gasteiger partial charge in [-0.3, -0.25) is 0 Å². The highest BCUT2D eigenvalue weighted by molar-refractivity contribution is 7.92.